The van der Waals surface area contributed by atoms with Gasteiger partial charge in [-0.1, -0.05) is 17.7 Å². The summed E-state index contributed by atoms with van der Waals surface area (Å²) in [6.07, 6.45) is -1.80. The highest BCUT2D eigenvalue weighted by Gasteiger charge is 2.48. The van der Waals surface area contributed by atoms with Crippen molar-refractivity contribution >= 4 is 28.6 Å². The number of anilines is 1. The van der Waals surface area contributed by atoms with Crippen LogP contribution in [-0.2, 0) is 9.47 Å². The molecule has 3 aromatic rings. The van der Waals surface area contributed by atoms with Crippen molar-refractivity contribution in [1.82, 2.24) is 15.0 Å². The first-order valence-electron chi connectivity index (χ1n) is 9.89. The van der Waals surface area contributed by atoms with Crippen LogP contribution in [0.25, 0.3) is 11.2 Å². The van der Waals surface area contributed by atoms with E-state index in [4.69, 9.17) is 30.5 Å². The lowest BCUT2D eigenvalue weighted by molar-refractivity contribution is 0.00706. The van der Waals surface area contributed by atoms with Crippen LogP contribution in [0.5, 0.6) is 11.8 Å². The number of fused-ring (bicyclic) bond motifs is 3. The standard InChI is InChI=1S/C20H18ClFN4O5/c21-8-4-10-19(25-18(8)23-11-5-28-13-3-1-2-9(22)15(11)13)26-20(24-10)31-14-7-30-16-12(27)6-29-17(14)16/h1-4,11-12,14,16-17,27H,5-7H2,(H2,23,24,25,26)/t11?,12-,14-,16-,17-/m1/s1. The smallest absolute Gasteiger partial charge is 0.296 e. The summed E-state index contributed by atoms with van der Waals surface area (Å²) >= 11 is 6.40. The number of benzene rings is 1. The van der Waals surface area contributed by atoms with Gasteiger partial charge in [-0.3, -0.25) is 0 Å². The number of ether oxygens (including phenoxy) is 4. The number of aliphatic hydroxyl groups is 1. The van der Waals surface area contributed by atoms with Gasteiger partial charge in [0.05, 0.1) is 35.4 Å². The second-order valence-electron chi connectivity index (χ2n) is 7.71. The minimum absolute atomic E-state index is 0.218. The molecule has 3 aliphatic heterocycles. The number of rotatable bonds is 4. The average Bonchev–Trinajstić information content (AvgIpc) is 3.50. The molecule has 3 N–H and O–H groups in total. The summed E-state index contributed by atoms with van der Waals surface area (Å²) in [5, 5.41) is 13.4. The molecule has 6 rings (SSSR count). The van der Waals surface area contributed by atoms with Crippen LogP contribution in [0.3, 0.4) is 0 Å². The lowest BCUT2D eigenvalue weighted by atomic mass is 10.1. The van der Waals surface area contributed by atoms with E-state index in [9.17, 15) is 9.50 Å². The van der Waals surface area contributed by atoms with E-state index in [-0.39, 0.29) is 37.8 Å². The number of imidazole rings is 1. The van der Waals surface area contributed by atoms with Crippen LogP contribution in [0.4, 0.5) is 10.2 Å². The normalized spacial score (nSPS) is 29.1. The number of aromatic amines is 1. The summed E-state index contributed by atoms with van der Waals surface area (Å²) in [5.41, 5.74) is 1.42. The van der Waals surface area contributed by atoms with E-state index in [1.54, 1.807) is 18.2 Å². The Morgan fingerprint density at radius 2 is 2.06 bits per heavy atom. The second kappa shape index (κ2) is 7.20. The van der Waals surface area contributed by atoms with Gasteiger partial charge < -0.3 is 34.4 Å². The zero-order chi connectivity index (χ0) is 21.1. The third-order valence-electron chi connectivity index (χ3n) is 5.73. The van der Waals surface area contributed by atoms with Gasteiger partial charge in [-0.15, -0.1) is 0 Å². The fraction of sp³-hybridized carbons (Fsp3) is 0.400. The second-order valence-corrected chi connectivity index (χ2v) is 8.12. The van der Waals surface area contributed by atoms with Gasteiger partial charge in [0.25, 0.3) is 6.01 Å². The zero-order valence-corrected chi connectivity index (χ0v) is 16.8. The molecule has 162 valence electrons. The van der Waals surface area contributed by atoms with Crippen molar-refractivity contribution in [3.8, 4) is 11.8 Å². The molecule has 0 radical (unpaired) electrons. The Kier molecular flexibility index (Phi) is 4.42. The number of aromatic nitrogens is 3. The molecule has 1 aromatic carbocycles. The van der Waals surface area contributed by atoms with E-state index < -0.39 is 24.4 Å². The van der Waals surface area contributed by atoms with Gasteiger partial charge in [-0.2, -0.15) is 4.98 Å². The number of nitrogens with one attached hydrogen (secondary N) is 2. The maximum Gasteiger partial charge on any atom is 0.296 e. The quantitative estimate of drug-likeness (QED) is 0.557. The van der Waals surface area contributed by atoms with Crippen LogP contribution in [0.15, 0.2) is 24.3 Å². The summed E-state index contributed by atoms with van der Waals surface area (Å²) in [5.74, 6) is 0.515. The van der Waals surface area contributed by atoms with E-state index in [0.717, 1.165) is 0 Å². The van der Waals surface area contributed by atoms with Crippen molar-refractivity contribution in [3.05, 3.63) is 40.7 Å². The molecule has 0 spiro atoms. The SMILES string of the molecule is O[C@@H]1CO[C@H]2[C@@H]1OC[C@H]2Oc1nc2nc(NC3COc4cccc(F)c43)c(Cl)cc2[nH]1. The summed E-state index contributed by atoms with van der Waals surface area (Å²) in [4.78, 5) is 11.9. The van der Waals surface area contributed by atoms with Gasteiger partial charge in [0.15, 0.2) is 11.8 Å². The Labute approximate surface area is 180 Å². The summed E-state index contributed by atoms with van der Waals surface area (Å²) in [7, 11) is 0. The topological polar surface area (TPSA) is 111 Å². The molecule has 5 heterocycles. The van der Waals surface area contributed by atoms with E-state index >= 15 is 0 Å². The van der Waals surface area contributed by atoms with Crippen molar-refractivity contribution in [1.29, 1.82) is 0 Å². The number of nitrogens with zero attached hydrogens (tertiary/aromatic N) is 2. The highest BCUT2D eigenvalue weighted by molar-refractivity contribution is 6.33. The zero-order valence-electron chi connectivity index (χ0n) is 16.0. The summed E-state index contributed by atoms with van der Waals surface area (Å²) < 4.78 is 36.9. The van der Waals surface area contributed by atoms with Crippen LogP contribution >= 0.6 is 11.6 Å². The van der Waals surface area contributed by atoms with Gasteiger partial charge in [0.1, 0.15) is 42.3 Å². The molecular weight excluding hydrogens is 431 g/mol. The number of hydrogen-bond donors (Lipinski definition) is 3. The third kappa shape index (κ3) is 3.18. The monoisotopic (exact) mass is 448 g/mol. The molecule has 2 fully saturated rings. The molecule has 31 heavy (non-hydrogen) atoms. The molecule has 0 amide bonds. The van der Waals surface area contributed by atoms with Crippen LogP contribution in [0.1, 0.15) is 11.6 Å². The summed E-state index contributed by atoms with van der Waals surface area (Å²) in [6, 6.07) is 6.21. The number of hydrogen-bond acceptors (Lipinski definition) is 8. The lowest BCUT2D eigenvalue weighted by Crippen LogP contribution is -2.34. The molecule has 9 nitrogen and oxygen atoms in total. The first-order chi connectivity index (χ1) is 15.1. The lowest BCUT2D eigenvalue weighted by Gasteiger charge is -2.15. The Hall–Kier alpha value is -2.66. The Balaban J connectivity index is 1.24. The van der Waals surface area contributed by atoms with Crippen LogP contribution in [0.2, 0.25) is 5.02 Å². The van der Waals surface area contributed by atoms with Gasteiger partial charge in [-0.05, 0) is 18.2 Å². The highest BCUT2D eigenvalue weighted by atomic mass is 35.5. The molecule has 11 heteroatoms. The van der Waals surface area contributed by atoms with E-state index in [1.807, 2.05) is 0 Å². The number of H-pyrrole nitrogens is 1. The van der Waals surface area contributed by atoms with Crippen LogP contribution in [-0.4, -0.2) is 64.3 Å². The number of pyridine rings is 1. The van der Waals surface area contributed by atoms with Crippen molar-refractivity contribution in [3.63, 3.8) is 0 Å². The van der Waals surface area contributed by atoms with Gasteiger partial charge >= 0.3 is 0 Å². The first kappa shape index (κ1) is 19.1. The fourth-order valence-electron chi connectivity index (χ4n) is 4.26. The summed E-state index contributed by atoms with van der Waals surface area (Å²) in [6.45, 7) is 0.768. The fourth-order valence-corrected chi connectivity index (χ4v) is 4.46. The molecule has 1 unspecified atom stereocenters. The van der Waals surface area contributed by atoms with Crippen molar-refractivity contribution < 1.29 is 28.4 Å². The molecule has 0 aliphatic carbocycles. The van der Waals surface area contributed by atoms with Crippen molar-refractivity contribution in [2.75, 3.05) is 25.1 Å². The average molecular weight is 449 g/mol. The largest absolute Gasteiger partial charge is 0.491 e. The van der Waals surface area contributed by atoms with Crippen LogP contribution in [0, 0.1) is 5.82 Å². The predicted molar refractivity (Wildman–Crippen MR) is 107 cm³/mol. The number of halogens is 2. The van der Waals surface area contributed by atoms with Crippen molar-refractivity contribution in [2.45, 2.75) is 30.5 Å². The molecule has 0 saturated carbocycles. The van der Waals surface area contributed by atoms with E-state index in [2.05, 4.69) is 20.3 Å². The van der Waals surface area contributed by atoms with Crippen LogP contribution < -0.4 is 14.8 Å². The molecule has 2 saturated heterocycles. The van der Waals surface area contributed by atoms with Crippen molar-refractivity contribution in [2.24, 2.45) is 0 Å². The highest BCUT2D eigenvalue weighted by Crippen LogP contribution is 2.38. The third-order valence-corrected chi connectivity index (χ3v) is 6.02. The molecule has 0 bridgehead atoms. The Morgan fingerprint density at radius 3 is 2.97 bits per heavy atom. The molecule has 2 aromatic heterocycles. The first-order valence-corrected chi connectivity index (χ1v) is 10.3. The maximum atomic E-state index is 14.3. The van der Waals surface area contributed by atoms with E-state index in [1.165, 1.54) is 6.07 Å². The number of aliphatic hydroxyl groups excluding tert-OH is 1. The van der Waals surface area contributed by atoms with Gasteiger partial charge in [-0.25, -0.2) is 9.37 Å². The molecule has 3 aliphatic rings. The Bertz CT molecular complexity index is 1160. The maximum absolute atomic E-state index is 14.3. The van der Waals surface area contributed by atoms with Gasteiger partial charge in [0, 0.05) is 0 Å². The Morgan fingerprint density at radius 1 is 1.19 bits per heavy atom. The minimum Gasteiger partial charge on any atom is -0.491 e. The minimum atomic E-state index is -0.655. The van der Waals surface area contributed by atoms with Gasteiger partial charge in [0.2, 0.25) is 0 Å². The van der Waals surface area contributed by atoms with E-state index in [0.29, 0.717) is 33.3 Å². The predicted octanol–water partition coefficient (Wildman–Crippen LogP) is 2.20. The molecular formula is C20H18ClFN4O5. The molecule has 5 atom stereocenters.